The largest absolute Gasteiger partial charge is 0.357 e. The van der Waals surface area contributed by atoms with Crippen LogP contribution >= 0.6 is 0 Å². The molecule has 0 spiro atoms. The molecule has 1 aromatic heterocycles. The predicted octanol–water partition coefficient (Wildman–Crippen LogP) is 2.46. The van der Waals surface area contributed by atoms with Gasteiger partial charge in [-0.1, -0.05) is 18.9 Å². The molecule has 2 heterocycles. The van der Waals surface area contributed by atoms with Crippen molar-refractivity contribution < 1.29 is 0 Å². The summed E-state index contributed by atoms with van der Waals surface area (Å²) in [5.41, 5.74) is 0. The first-order chi connectivity index (χ1) is 6.47. The van der Waals surface area contributed by atoms with Crippen molar-refractivity contribution in [3.63, 3.8) is 0 Å². The summed E-state index contributed by atoms with van der Waals surface area (Å²) in [7, 11) is 0. The van der Waals surface area contributed by atoms with Crippen LogP contribution in [-0.4, -0.2) is 18.1 Å². The second-order valence-corrected chi connectivity index (χ2v) is 3.59. The number of hydrogen-bond acceptors (Lipinski definition) is 2. The molecule has 13 heavy (non-hydrogen) atoms. The van der Waals surface area contributed by atoms with Gasteiger partial charge in [-0.25, -0.2) is 4.98 Å². The molecule has 1 saturated heterocycles. The topological polar surface area (TPSA) is 16.1 Å². The van der Waals surface area contributed by atoms with Gasteiger partial charge in [0.05, 0.1) is 0 Å². The minimum absolute atomic E-state index is 1.14. The first-order valence-electron chi connectivity index (χ1n) is 5.13. The molecule has 1 fully saturated rings. The van der Waals surface area contributed by atoms with Crippen LogP contribution in [0.4, 0.5) is 5.82 Å². The quantitative estimate of drug-likeness (QED) is 0.653. The van der Waals surface area contributed by atoms with Gasteiger partial charge in [0.1, 0.15) is 5.82 Å². The zero-order valence-electron chi connectivity index (χ0n) is 7.95. The lowest BCUT2D eigenvalue weighted by molar-refractivity contribution is 0.726. The van der Waals surface area contributed by atoms with E-state index < -0.39 is 0 Å². The Balaban J connectivity index is 2.06. The number of aromatic nitrogens is 1. The highest BCUT2D eigenvalue weighted by atomic mass is 15.2. The van der Waals surface area contributed by atoms with Crippen LogP contribution in [0, 0.1) is 0 Å². The molecule has 0 atom stereocenters. The highest BCUT2D eigenvalue weighted by Gasteiger charge is 2.09. The maximum Gasteiger partial charge on any atom is 0.128 e. The Labute approximate surface area is 79.6 Å². The van der Waals surface area contributed by atoms with Crippen LogP contribution in [0.2, 0.25) is 0 Å². The van der Waals surface area contributed by atoms with Gasteiger partial charge >= 0.3 is 0 Å². The van der Waals surface area contributed by atoms with E-state index in [2.05, 4.69) is 22.0 Å². The number of rotatable bonds is 1. The number of anilines is 1. The zero-order valence-corrected chi connectivity index (χ0v) is 7.95. The van der Waals surface area contributed by atoms with Crippen LogP contribution in [0.15, 0.2) is 24.4 Å². The van der Waals surface area contributed by atoms with E-state index in [0.717, 1.165) is 5.82 Å². The van der Waals surface area contributed by atoms with Crippen molar-refractivity contribution in [1.29, 1.82) is 0 Å². The fourth-order valence-electron chi connectivity index (χ4n) is 1.84. The molecule has 0 amide bonds. The summed E-state index contributed by atoms with van der Waals surface area (Å²) >= 11 is 0. The Bertz CT molecular complexity index is 238. The summed E-state index contributed by atoms with van der Waals surface area (Å²) < 4.78 is 0. The van der Waals surface area contributed by atoms with Crippen LogP contribution < -0.4 is 4.90 Å². The van der Waals surface area contributed by atoms with Gasteiger partial charge in [-0.05, 0) is 25.0 Å². The van der Waals surface area contributed by atoms with Crippen molar-refractivity contribution in [2.24, 2.45) is 0 Å². The van der Waals surface area contributed by atoms with Crippen LogP contribution in [0.1, 0.15) is 25.7 Å². The van der Waals surface area contributed by atoms with Gasteiger partial charge in [0, 0.05) is 19.3 Å². The van der Waals surface area contributed by atoms with Gasteiger partial charge in [0.15, 0.2) is 0 Å². The number of pyridine rings is 1. The molecule has 70 valence electrons. The molecule has 0 unspecified atom stereocenters. The minimum Gasteiger partial charge on any atom is -0.357 e. The molecule has 2 heteroatoms. The third-order valence-electron chi connectivity index (χ3n) is 2.58. The third kappa shape index (κ3) is 2.20. The van der Waals surface area contributed by atoms with Crippen molar-refractivity contribution in [3.8, 4) is 0 Å². The van der Waals surface area contributed by atoms with Gasteiger partial charge in [-0.3, -0.25) is 0 Å². The standard InChI is InChI=1S/C11H16N2/c1-2-6-10-13(9-5-1)11-7-3-4-8-12-11/h3-4,7-8H,1-2,5-6,9-10H2. The summed E-state index contributed by atoms with van der Waals surface area (Å²) in [5.74, 6) is 1.14. The van der Waals surface area contributed by atoms with Crippen LogP contribution in [0.5, 0.6) is 0 Å². The van der Waals surface area contributed by atoms with E-state index in [1.54, 1.807) is 0 Å². The van der Waals surface area contributed by atoms with Gasteiger partial charge in [0.2, 0.25) is 0 Å². The molecule has 0 saturated carbocycles. The molecule has 0 radical (unpaired) electrons. The highest BCUT2D eigenvalue weighted by molar-refractivity contribution is 5.37. The van der Waals surface area contributed by atoms with E-state index in [1.807, 2.05) is 12.3 Å². The Morgan fingerprint density at radius 1 is 1.00 bits per heavy atom. The monoisotopic (exact) mass is 176 g/mol. The second kappa shape index (κ2) is 4.26. The van der Waals surface area contributed by atoms with Crippen LogP contribution in [-0.2, 0) is 0 Å². The van der Waals surface area contributed by atoms with Crippen molar-refractivity contribution >= 4 is 5.82 Å². The minimum atomic E-state index is 1.14. The average molecular weight is 176 g/mol. The molecule has 0 N–H and O–H groups in total. The fourth-order valence-corrected chi connectivity index (χ4v) is 1.84. The molecule has 1 aromatic rings. The third-order valence-corrected chi connectivity index (χ3v) is 2.58. The zero-order chi connectivity index (χ0) is 8.93. The maximum atomic E-state index is 4.37. The van der Waals surface area contributed by atoms with Gasteiger partial charge in [0.25, 0.3) is 0 Å². The van der Waals surface area contributed by atoms with E-state index >= 15 is 0 Å². The molecule has 0 aliphatic carbocycles. The van der Waals surface area contributed by atoms with E-state index in [1.165, 1.54) is 38.8 Å². The molecular formula is C11H16N2. The summed E-state index contributed by atoms with van der Waals surface area (Å²) in [4.78, 5) is 6.77. The SMILES string of the molecule is c1ccc(N2CCCCCC2)nc1. The Morgan fingerprint density at radius 3 is 2.38 bits per heavy atom. The average Bonchev–Trinajstić information content (AvgIpc) is 2.47. The Kier molecular flexibility index (Phi) is 2.80. The van der Waals surface area contributed by atoms with Crippen molar-refractivity contribution in [3.05, 3.63) is 24.4 Å². The maximum absolute atomic E-state index is 4.37. The number of hydrogen-bond donors (Lipinski definition) is 0. The van der Waals surface area contributed by atoms with E-state index in [0.29, 0.717) is 0 Å². The lowest BCUT2D eigenvalue weighted by Gasteiger charge is -2.20. The lowest BCUT2D eigenvalue weighted by atomic mass is 10.2. The smallest absolute Gasteiger partial charge is 0.128 e. The molecule has 1 aliphatic heterocycles. The van der Waals surface area contributed by atoms with E-state index in [4.69, 9.17) is 0 Å². The van der Waals surface area contributed by atoms with Gasteiger partial charge in [-0.15, -0.1) is 0 Å². The first-order valence-corrected chi connectivity index (χ1v) is 5.13. The number of nitrogens with zero attached hydrogens (tertiary/aromatic N) is 2. The fraction of sp³-hybridized carbons (Fsp3) is 0.545. The molecule has 2 rings (SSSR count). The molecule has 1 aliphatic rings. The van der Waals surface area contributed by atoms with Gasteiger partial charge < -0.3 is 4.90 Å². The Morgan fingerprint density at radius 2 is 1.77 bits per heavy atom. The first kappa shape index (κ1) is 8.54. The van der Waals surface area contributed by atoms with E-state index in [-0.39, 0.29) is 0 Å². The van der Waals surface area contributed by atoms with Crippen LogP contribution in [0.3, 0.4) is 0 Å². The van der Waals surface area contributed by atoms with Gasteiger partial charge in [-0.2, -0.15) is 0 Å². The predicted molar refractivity (Wildman–Crippen MR) is 54.9 cm³/mol. The summed E-state index contributed by atoms with van der Waals surface area (Å²) in [6, 6.07) is 6.14. The van der Waals surface area contributed by atoms with Crippen LogP contribution in [0.25, 0.3) is 0 Å². The molecule has 0 aromatic carbocycles. The highest BCUT2D eigenvalue weighted by Crippen LogP contribution is 2.15. The Hall–Kier alpha value is -1.05. The second-order valence-electron chi connectivity index (χ2n) is 3.59. The van der Waals surface area contributed by atoms with Crippen molar-refractivity contribution in [2.75, 3.05) is 18.0 Å². The summed E-state index contributed by atoms with van der Waals surface area (Å²) in [5, 5.41) is 0. The molecule has 0 bridgehead atoms. The normalized spacial score (nSPS) is 18.3. The van der Waals surface area contributed by atoms with Crippen molar-refractivity contribution in [2.45, 2.75) is 25.7 Å². The van der Waals surface area contributed by atoms with Crippen molar-refractivity contribution in [1.82, 2.24) is 4.98 Å². The summed E-state index contributed by atoms with van der Waals surface area (Å²) in [6.07, 6.45) is 7.26. The summed E-state index contributed by atoms with van der Waals surface area (Å²) in [6.45, 7) is 2.36. The van der Waals surface area contributed by atoms with E-state index in [9.17, 15) is 0 Å². The lowest BCUT2D eigenvalue weighted by Crippen LogP contribution is -2.24. The molecule has 2 nitrogen and oxygen atoms in total. The molecular weight excluding hydrogens is 160 g/mol.